The van der Waals surface area contributed by atoms with Gasteiger partial charge in [0.1, 0.15) is 11.6 Å². The fourth-order valence-corrected chi connectivity index (χ4v) is 4.26. The lowest BCUT2D eigenvalue weighted by molar-refractivity contribution is -0.137. The zero-order chi connectivity index (χ0) is 24.5. The summed E-state index contributed by atoms with van der Waals surface area (Å²) in [6.07, 6.45) is -0.662. The van der Waals surface area contributed by atoms with Gasteiger partial charge in [0.25, 0.3) is 5.91 Å². The summed E-state index contributed by atoms with van der Waals surface area (Å²) >= 11 is 12.3. The van der Waals surface area contributed by atoms with Crippen LogP contribution in [0.2, 0.25) is 10.0 Å². The number of nitrogens with one attached hydrogen (secondary N) is 1. The van der Waals surface area contributed by atoms with Gasteiger partial charge >= 0.3 is 6.18 Å². The second-order valence-corrected chi connectivity index (χ2v) is 8.89. The maximum atomic E-state index is 13.1. The first-order valence-corrected chi connectivity index (χ1v) is 11.2. The first kappa shape index (κ1) is 24.2. The van der Waals surface area contributed by atoms with Gasteiger partial charge < -0.3 is 10.2 Å². The number of aromatic nitrogens is 3. The topological polar surface area (TPSA) is 71.0 Å². The molecule has 0 radical (unpaired) electrons. The van der Waals surface area contributed by atoms with E-state index in [-0.39, 0.29) is 17.7 Å². The van der Waals surface area contributed by atoms with Crippen molar-refractivity contribution >= 4 is 34.9 Å². The van der Waals surface area contributed by atoms with Crippen molar-refractivity contribution in [3.8, 4) is 0 Å². The van der Waals surface area contributed by atoms with Crippen LogP contribution in [0.15, 0.2) is 48.9 Å². The molecule has 1 fully saturated rings. The third kappa shape index (κ3) is 5.42. The lowest BCUT2D eigenvalue weighted by Crippen LogP contribution is -2.30. The van der Waals surface area contributed by atoms with E-state index in [9.17, 15) is 18.0 Å². The van der Waals surface area contributed by atoms with Gasteiger partial charge in [-0.15, -0.1) is 0 Å². The third-order valence-corrected chi connectivity index (χ3v) is 6.50. The number of carbonyl (C=O) groups excluding carboxylic acids is 1. The summed E-state index contributed by atoms with van der Waals surface area (Å²) in [6, 6.07) is 7.62. The van der Waals surface area contributed by atoms with Crippen LogP contribution in [-0.2, 0) is 6.18 Å². The summed E-state index contributed by atoms with van der Waals surface area (Å²) in [7, 11) is 0. The van der Waals surface area contributed by atoms with Gasteiger partial charge in [0.05, 0.1) is 21.2 Å². The Morgan fingerprint density at radius 1 is 1.06 bits per heavy atom. The molecule has 3 aromatic rings. The molecular weight excluding hydrogens is 490 g/mol. The quantitative estimate of drug-likeness (QED) is 0.493. The highest BCUT2D eigenvalue weighted by atomic mass is 35.5. The Bertz CT molecular complexity index is 1170. The Morgan fingerprint density at radius 3 is 2.41 bits per heavy atom. The summed E-state index contributed by atoms with van der Waals surface area (Å²) < 4.78 is 38.4. The van der Waals surface area contributed by atoms with Crippen LogP contribution in [0, 0.1) is 12.8 Å². The van der Waals surface area contributed by atoms with E-state index in [1.807, 2.05) is 6.07 Å². The number of alkyl halides is 3. The SMILES string of the molecule is Cc1ncc(C(=O)N2C[C@H](CNc3ccc(C(F)(F)F)cn3)[C@@H](c3ccc(Cl)c(Cl)c3)C2)cn1. The normalized spacial score (nSPS) is 18.2. The van der Waals surface area contributed by atoms with Gasteiger partial charge in [-0.1, -0.05) is 29.3 Å². The molecule has 11 heteroatoms. The molecule has 3 heterocycles. The Kier molecular flexibility index (Phi) is 6.95. The molecule has 34 heavy (non-hydrogen) atoms. The number of hydrogen-bond donors (Lipinski definition) is 1. The number of aryl methyl sites for hydroxylation is 1. The van der Waals surface area contributed by atoms with Crippen LogP contribution in [0.1, 0.15) is 33.2 Å². The van der Waals surface area contributed by atoms with Gasteiger partial charge in [0.15, 0.2) is 0 Å². The molecule has 2 aromatic heterocycles. The molecule has 1 aliphatic rings. The second kappa shape index (κ2) is 9.76. The van der Waals surface area contributed by atoms with Crippen LogP contribution in [0.3, 0.4) is 0 Å². The summed E-state index contributed by atoms with van der Waals surface area (Å²) in [5.74, 6) is 0.555. The fraction of sp³-hybridized carbons (Fsp3) is 0.304. The molecule has 4 rings (SSSR count). The van der Waals surface area contributed by atoms with Gasteiger partial charge in [-0.25, -0.2) is 15.0 Å². The molecule has 1 N–H and O–H groups in total. The predicted molar refractivity (Wildman–Crippen MR) is 123 cm³/mol. The Hall–Kier alpha value is -2.91. The van der Waals surface area contributed by atoms with Crippen molar-refractivity contribution in [2.75, 3.05) is 25.0 Å². The summed E-state index contributed by atoms with van der Waals surface area (Å²) in [4.78, 5) is 26.9. The number of benzene rings is 1. The Labute approximate surface area is 204 Å². The van der Waals surface area contributed by atoms with E-state index in [1.54, 1.807) is 24.0 Å². The molecule has 0 bridgehead atoms. The molecule has 0 saturated carbocycles. The number of hydrogen-bond acceptors (Lipinski definition) is 5. The minimum atomic E-state index is -4.45. The van der Waals surface area contributed by atoms with Crippen LogP contribution in [0.25, 0.3) is 0 Å². The average molecular weight is 510 g/mol. The van der Waals surface area contributed by atoms with E-state index in [0.29, 0.717) is 46.9 Å². The molecule has 2 atom stereocenters. The number of carbonyl (C=O) groups is 1. The molecule has 178 valence electrons. The van der Waals surface area contributed by atoms with Crippen LogP contribution in [0.4, 0.5) is 19.0 Å². The molecule has 1 amide bonds. The maximum absolute atomic E-state index is 13.1. The average Bonchev–Trinajstić information content (AvgIpc) is 3.23. The zero-order valence-corrected chi connectivity index (χ0v) is 19.5. The smallest absolute Gasteiger partial charge is 0.370 e. The van der Waals surface area contributed by atoms with Crippen molar-refractivity contribution in [1.82, 2.24) is 19.9 Å². The fourth-order valence-electron chi connectivity index (χ4n) is 3.95. The monoisotopic (exact) mass is 509 g/mol. The van der Waals surface area contributed by atoms with Crippen LogP contribution >= 0.6 is 23.2 Å². The number of anilines is 1. The highest BCUT2D eigenvalue weighted by Crippen LogP contribution is 2.36. The van der Waals surface area contributed by atoms with E-state index in [1.165, 1.54) is 18.5 Å². The minimum absolute atomic E-state index is 0.0587. The van der Waals surface area contributed by atoms with E-state index in [4.69, 9.17) is 23.2 Å². The summed E-state index contributed by atoms with van der Waals surface area (Å²) in [5, 5.41) is 3.93. The summed E-state index contributed by atoms with van der Waals surface area (Å²) in [6.45, 7) is 2.97. The first-order chi connectivity index (χ1) is 16.1. The first-order valence-electron chi connectivity index (χ1n) is 10.4. The van der Waals surface area contributed by atoms with Crippen molar-refractivity contribution < 1.29 is 18.0 Å². The van der Waals surface area contributed by atoms with E-state index >= 15 is 0 Å². The van der Waals surface area contributed by atoms with E-state index in [0.717, 1.165) is 17.8 Å². The van der Waals surface area contributed by atoms with E-state index in [2.05, 4.69) is 20.3 Å². The number of likely N-dealkylation sites (tertiary alicyclic amines) is 1. The maximum Gasteiger partial charge on any atom is 0.417 e. The van der Waals surface area contributed by atoms with Crippen LogP contribution in [0.5, 0.6) is 0 Å². The van der Waals surface area contributed by atoms with Gasteiger partial charge in [-0.3, -0.25) is 4.79 Å². The third-order valence-electron chi connectivity index (χ3n) is 5.76. The molecule has 6 nitrogen and oxygen atoms in total. The number of amides is 1. The number of rotatable bonds is 5. The Balaban J connectivity index is 1.53. The highest BCUT2D eigenvalue weighted by molar-refractivity contribution is 6.42. The van der Waals surface area contributed by atoms with Crippen molar-refractivity contribution in [3.63, 3.8) is 0 Å². The molecule has 1 aromatic carbocycles. The van der Waals surface area contributed by atoms with Crippen molar-refractivity contribution in [3.05, 3.63) is 81.5 Å². The van der Waals surface area contributed by atoms with Crippen LogP contribution < -0.4 is 5.32 Å². The van der Waals surface area contributed by atoms with Gasteiger partial charge in [-0.2, -0.15) is 13.2 Å². The summed E-state index contributed by atoms with van der Waals surface area (Å²) in [5.41, 5.74) is 0.484. The number of pyridine rings is 1. The van der Waals surface area contributed by atoms with Crippen molar-refractivity contribution in [2.45, 2.75) is 19.0 Å². The molecule has 0 unspecified atom stereocenters. The van der Waals surface area contributed by atoms with Gasteiger partial charge in [0.2, 0.25) is 0 Å². The van der Waals surface area contributed by atoms with Crippen molar-refractivity contribution in [1.29, 1.82) is 0 Å². The number of halogens is 5. The van der Waals surface area contributed by atoms with Crippen molar-refractivity contribution in [2.24, 2.45) is 5.92 Å². The highest BCUT2D eigenvalue weighted by Gasteiger charge is 2.37. The minimum Gasteiger partial charge on any atom is -0.370 e. The van der Waals surface area contributed by atoms with Crippen LogP contribution in [-0.4, -0.2) is 45.4 Å². The molecule has 1 aliphatic heterocycles. The second-order valence-electron chi connectivity index (χ2n) is 8.08. The van der Waals surface area contributed by atoms with Gasteiger partial charge in [-0.05, 0) is 36.8 Å². The van der Waals surface area contributed by atoms with E-state index < -0.39 is 11.7 Å². The lowest BCUT2D eigenvalue weighted by atomic mass is 9.89. The molecule has 0 aliphatic carbocycles. The molecule has 1 saturated heterocycles. The zero-order valence-electron chi connectivity index (χ0n) is 18.0. The number of nitrogens with zero attached hydrogens (tertiary/aromatic N) is 4. The predicted octanol–water partition coefficient (Wildman–Crippen LogP) is 5.47. The standard InChI is InChI=1S/C23H20Cl2F3N5O/c1-13-29-7-15(8-30-13)22(34)33-11-16(18(12-33)14-2-4-19(24)20(25)6-14)9-31-21-5-3-17(10-32-21)23(26,27)28/h2-8,10,16,18H,9,11-12H2,1H3,(H,31,32)/t16-,18+/m0/s1. The largest absolute Gasteiger partial charge is 0.417 e. The molecular formula is C23H20Cl2F3N5O. The van der Waals surface area contributed by atoms with Gasteiger partial charge in [0, 0.05) is 50.1 Å². The Morgan fingerprint density at radius 2 is 1.79 bits per heavy atom. The lowest BCUT2D eigenvalue weighted by Gasteiger charge is -2.20. The molecule has 0 spiro atoms.